The highest BCUT2D eigenvalue weighted by atomic mass is 16.5. The van der Waals surface area contributed by atoms with Crippen molar-refractivity contribution >= 4 is 21.9 Å². The van der Waals surface area contributed by atoms with Crippen LogP contribution in [-0.4, -0.2) is 21.1 Å². The lowest BCUT2D eigenvalue weighted by molar-refractivity contribution is 0.209. The zero-order valence-electron chi connectivity index (χ0n) is 11.5. The molecule has 104 valence electrons. The molecule has 4 rings (SSSR count). The number of fused-ring (bicyclic) bond motifs is 3. The standard InChI is InChI=1S/C16H14N4O/c17-7-10-5-13-14-6-12(21-11-3-1-2-4-11)8-19-16(14)20-15(13)9-18-10/h5-6,8-9,11H,1-4H2,(H,19,20). The maximum absolute atomic E-state index is 8.99. The van der Waals surface area contributed by atoms with E-state index in [0.717, 1.165) is 40.5 Å². The lowest BCUT2D eigenvalue weighted by Crippen LogP contribution is -2.10. The average molecular weight is 278 g/mol. The summed E-state index contributed by atoms with van der Waals surface area (Å²) in [4.78, 5) is 11.7. The molecule has 1 aliphatic carbocycles. The molecule has 0 aromatic carbocycles. The Bertz CT molecular complexity index is 856. The summed E-state index contributed by atoms with van der Waals surface area (Å²) in [6.45, 7) is 0. The highest BCUT2D eigenvalue weighted by Gasteiger charge is 2.17. The van der Waals surface area contributed by atoms with Crippen LogP contribution in [0, 0.1) is 11.3 Å². The molecule has 3 aromatic rings. The van der Waals surface area contributed by atoms with Gasteiger partial charge in [0.2, 0.25) is 0 Å². The van der Waals surface area contributed by atoms with Gasteiger partial charge in [0.05, 0.1) is 24.0 Å². The Balaban J connectivity index is 1.81. The maximum Gasteiger partial charge on any atom is 0.141 e. The normalized spacial score (nSPS) is 15.6. The van der Waals surface area contributed by atoms with Crippen LogP contribution in [0.25, 0.3) is 21.9 Å². The number of rotatable bonds is 2. The molecular formula is C16H14N4O. The van der Waals surface area contributed by atoms with Gasteiger partial charge in [0.15, 0.2) is 0 Å². The van der Waals surface area contributed by atoms with E-state index < -0.39 is 0 Å². The second-order valence-electron chi connectivity index (χ2n) is 5.44. The van der Waals surface area contributed by atoms with Crippen LogP contribution >= 0.6 is 0 Å². The third-order valence-corrected chi connectivity index (χ3v) is 4.03. The van der Waals surface area contributed by atoms with Gasteiger partial charge in [0, 0.05) is 10.8 Å². The van der Waals surface area contributed by atoms with E-state index in [-0.39, 0.29) is 0 Å². The van der Waals surface area contributed by atoms with Crippen LogP contribution in [0.15, 0.2) is 24.5 Å². The molecule has 5 nitrogen and oxygen atoms in total. The Kier molecular flexibility index (Phi) is 2.74. The number of nitrogens with one attached hydrogen (secondary N) is 1. The van der Waals surface area contributed by atoms with Crippen molar-refractivity contribution in [2.75, 3.05) is 0 Å². The smallest absolute Gasteiger partial charge is 0.141 e. The topological polar surface area (TPSA) is 74.6 Å². The summed E-state index contributed by atoms with van der Waals surface area (Å²) in [5.74, 6) is 0.797. The van der Waals surface area contributed by atoms with Crippen LogP contribution in [0.2, 0.25) is 0 Å². The SMILES string of the molecule is N#Cc1cc2c(cn1)[nH]c1ncc(OC3CCCC3)cc12. The minimum absolute atomic E-state index is 0.311. The first-order chi connectivity index (χ1) is 10.3. The fourth-order valence-corrected chi connectivity index (χ4v) is 2.98. The van der Waals surface area contributed by atoms with Gasteiger partial charge in [-0.1, -0.05) is 0 Å². The Morgan fingerprint density at radius 1 is 1.14 bits per heavy atom. The van der Waals surface area contributed by atoms with Crippen molar-refractivity contribution < 1.29 is 4.74 Å². The molecule has 1 aliphatic rings. The van der Waals surface area contributed by atoms with Gasteiger partial charge in [-0.15, -0.1) is 0 Å². The van der Waals surface area contributed by atoms with Crippen LogP contribution < -0.4 is 4.74 Å². The van der Waals surface area contributed by atoms with Crippen molar-refractivity contribution in [1.29, 1.82) is 5.26 Å². The molecule has 0 amide bonds. The van der Waals surface area contributed by atoms with E-state index >= 15 is 0 Å². The van der Waals surface area contributed by atoms with Gasteiger partial charge in [0.1, 0.15) is 23.2 Å². The number of hydrogen-bond donors (Lipinski definition) is 1. The predicted molar refractivity (Wildman–Crippen MR) is 79.0 cm³/mol. The Morgan fingerprint density at radius 3 is 2.81 bits per heavy atom. The van der Waals surface area contributed by atoms with E-state index in [1.165, 1.54) is 12.8 Å². The number of hydrogen-bond acceptors (Lipinski definition) is 4. The molecule has 1 saturated carbocycles. The van der Waals surface area contributed by atoms with Gasteiger partial charge in [-0.3, -0.25) is 0 Å². The van der Waals surface area contributed by atoms with Crippen LogP contribution in [0.1, 0.15) is 31.4 Å². The molecule has 0 radical (unpaired) electrons. The molecule has 1 fully saturated rings. The largest absolute Gasteiger partial charge is 0.489 e. The maximum atomic E-state index is 8.99. The van der Waals surface area contributed by atoms with Gasteiger partial charge in [-0.2, -0.15) is 5.26 Å². The fraction of sp³-hybridized carbons (Fsp3) is 0.312. The summed E-state index contributed by atoms with van der Waals surface area (Å²) in [7, 11) is 0. The highest BCUT2D eigenvalue weighted by Crippen LogP contribution is 2.29. The lowest BCUT2D eigenvalue weighted by atomic mass is 10.2. The number of H-pyrrole nitrogens is 1. The molecule has 0 bridgehead atoms. The van der Waals surface area contributed by atoms with Crippen molar-refractivity contribution in [1.82, 2.24) is 15.0 Å². The monoisotopic (exact) mass is 278 g/mol. The van der Waals surface area contributed by atoms with Crippen molar-refractivity contribution in [2.24, 2.45) is 0 Å². The number of nitrogens with zero attached hydrogens (tertiary/aromatic N) is 3. The average Bonchev–Trinajstić information content (AvgIpc) is 3.14. The van der Waals surface area contributed by atoms with Gasteiger partial charge in [-0.25, -0.2) is 9.97 Å². The molecule has 3 heterocycles. The van der Waals surface area contributed by atoms with E-state index in [9.17, 15) is 0 Å². The summed E-state index contributed by atoms with van der Waals surface area (Å²) in [6.07, 6.45) is 8.46. The molecular weight excluding hydrogens is 264 g/mol. The highest BCUT2D eigenvalue weighted by molar-refractivity contribution is 6.06. The van der Waals surface area contributed by atoms with Crippen molar-refractivity contribution in [3.8, 4) is 11.8 Å². The molecule has 1 N–H and O–H groups in total. The molecule has 0 spiro atoms. The van der Waals surface area contributed by atoms with Gasteiger partial charge in [-0.05, 0) is 37.8 Å². The molecule has 21 heavy (non-hydrogen) atoms. The number of nitriles is 1. The molecule has 0 saturated heterocycles. The summed E-state index contributed by atoms with van der Waals surface area (Å²) >= 11 is 0. The van der Waals surface area contributed by atoms with Gasteiger partial charge in [0.25, 0.3) is 0 Å². The Hall–Kier alpha value is -2.61. The first kappa shape index (κ1) is 12.2. The van der Waals surface area contributed by atoms with Gasteiger partial charge < -0.3 is 9.72 Å². The number of ether oxygens (including phenoxy) is 1. The quantitative estimate of drug-likeness (QED) is 0.780. The Labute approximate surface area is 121 Å². The lowest BCUT2D eigenvalue weighted by Gasteiger charge is -2.12. The predicted octanol–water partition coefficient (Wildman–Crippen LogP) is 3.30. The summed E-state index contributed by atoms with van der Waals surface area (Å²) in [5, 5.41) is 10.9. The number of aromatic nitrogens is 3. The van der Waals surface area contributed by atoms with Gasteiger partial charge >= 0.3 is 0 Å². The Morgan fingerprint density at radius 2 is 2.00 bits per heavy atom. The summed E-state index contributed by atoms with van der Waals surface area (Å²) in [6, 6.07) is 5.86. The second-order valence-corrected chi connectivity index (χ2v) is 5.44. The molecule has 0 aliphatic heterocycles. The van der Waals surface area contributed by atoms with E-state index in [1.807, 2.05) is 6.07 Å². The van der Waals surface area contributed by atoms with Crippen LogP contribution in [0.5, 0.6) is 5.75 Å². The molecule has 5 heteroatoms. The first-order valence-corrected chi connectivity index (χ1v) is 7.18. The van der Waals surface area contributed by atoms with Crippen LogP contribution in [0.3, 0.4) is 0 Å². The number of aromatic amines is 1. The third kappa shape index (κ3) is 2.09. The second kappa shape index (κ2) is 4.74. The molecule has 3 aromatic heterocycles. The molecule has 0 unspecified atom stereocenters. The minimum atomic E-state index is 0.311. The van der Waals surface area contributed by atoms with Crippen molar-refractivity contribution in [3.05, 3.63) is 30.2 Å². The summed E-state index contributed by atoms with van der Waals surface area (Å²) < 4.78 is 6.00. The van der Waals surface area contributed by atoms with Crippen molar-refractivity contribution in [3.63, 3.8) is 0 Å². The fourth-order valence-electron chi connectivity index (χ4n) is 2.98. The van der Waals surface area contributed by atoms with E-state index in [2.05, 4.69) is 21.0 Å². The van der Waals surface area contributed by atoms with E-state index in [1.54, 1.807) is 18.5 Å². The van der Waals surface area contributed by atoms with Crippen LogP contribution in [-0.2, 0) is 0 Å². The van der Waals surface area contributed by atoms with E-state index in [4.69, 9.17) is 10.00 Å². The third-order valence-electron chi connectivity index (χ3n) is 4.03. The van der Waals surface area contributed by atoms with Crippen molar-refractivity contribution in [2.45, 2.75) is 31.8 Å². The van der Waals surface area contributed by atoms with Crippen LogP contribution in [0.4, 0.5) is 0 Å². The summed E-state index contributed by atoms with van der Waals surface area (Å²) in [5.41, 5.74) is 2.08. The zero-order valence-corrected chi connectivity index (χ0v) is 11.5. The number of pyridine rings is 2. The first-order valence-electron chi connectivity index (χ1n) is 7.18. The van der Waals surface area contributed by atoms with E-state index in [0.29, 0.717) is 11.8 Å². The minimum Gasteiger partial charge on any atom is -0.489 e. The zero-order chi connectivity index (χ0) is 14.2. The molecule has 0 atom stereocenters.